The van der Waals surface area contributed by atoms with Crippen LogP contribution >= 0.6 is 11.6 Å². The zero-order valence-electron chi connectivity index (χ0n) is 18.7. The molecule has 1 fully saturated rings. The van der Waals surface area contributed by atoms with Crippen molar-refractivity contribution < 1.29 is 17.9 Å². The van der Waals surface area contributed by atoms with Crippen LogP contribution in [0.25, 0.3) is 0 Å². The molecule has 0 bridgehead atoms. The predicted octanol–water partition coefficient (Wildman–Crippen LogP) is 3.54. The second kappa shape index (κ2) is 9.32. The molecule has 1 aliphatic heterocycles. The minimum Gasteiger partial charge on any atom is -0.495 e. The lowest BCUT2D eigenvalue weighted by atomic mass is 10.1. The van der Waals surface area contributed by atoms with Crippen LogP contribution in [0.2, 0.25) is 5.02 Å². The number of methoxy groups -OCH3 is 1. The van der Waals surface area contributed by atoms with E-state index in [1.807, 2.05) is 24.8 Å². The largest absolute Gasteiger partial charge is 0.495 e. The van der Waals surface area contributed by atoms with Crippen LogP contribution in [0.4, 0.5) is 0 Å². The Bertz CT molecular complexity index is 1070. The van der Waals surface area contributed by atoms with Crippen LogP contribution in [0.5, 0.6) is 5.75 Å². The molecule has 1 aliphatic rings. The zero-order chi connectivity index (χ0) is 22.9. The highest BCUT2D eigenvalue weighted by Gasteiger charge is 2.32. The summed E-state index contributed by atoms with van der Waals surface area (Å²) in [5.74, 6) is 0.329. The number of carbonyl (C=O) groups excluding carboxylic acids is 1. The average molecular weight is 468 g/mol. The van der Waals surface area contributed by atoms with Crippen molar-refractivity contribution in [3.63, 3.8) is 0 Å². The first-order valence-electron chi connectivity index (χ1n) is 10.3. The number of ketones is 1. The third kappa shape index (κ3) is 4.82. The highest BCUT2D eigenvalue weighted by Crippen LogP contribution is 2.30. The van der Waals surface area contributed by atoms with Gasteiger partial charge in [0.05, 0.1) is 13.7 Å². The van der Waals surface area contributed by atoms with Crippen LogP contribution in [-0.2, 0) is 10.0 Å². The van der Waals surface area contributed by atoms with Gasteiger partial charge in [0.25, 0.3) is 0 Å². The minimum atomic E-state index is -3.74. The van der Waals surface area contributed by atoms with E-state index in [2.05, 4.69) is 18.4 Å². The van der Waals surface area contributed by atoms with Crippen molar-refractivity contribution in [2.75, 3.05) is 39.8 Å². The van der Waals surface area contributed by atoms with E-state index >= 15 is 0 Å². The summed E-state index contributed by atoms with van der Waals surface area (Å²) in [5, 5.41) is 0.336. The van der Waals surface area contributed by atoms with Gasteiger partial charge in [0, 0.05) is 54.2 Å². The van der Waals surface area contributed by atoms with Crippen LogP contribution in [0.15, 0.2) is 29.2 Å². The molecule has 1 aromatic carbocycles. The monoisotopic (exact) mass is 467 g/mol. The Balaban J connectivity index is 1.68. The van der Waals surface area contributed by atoms with Crippen LogP contribution in [0.1, 0.15) is 41.6 Å². The molecule has 3 rings (SSSR count). The molecule has 170 valence electrons. The van der Waals surface area contributed by atoms with Gasteiger partial charge >= 0.3 is 0 Å². The number of hydrogen-bond acceptors (Lipinski definition) is 5. The number of rotatable bonds is 7. The first kappa shape index (κ1) is 23.8. The lowest BCUT2D eigenvalue weighted by Gasteiger charge is -2.33. The molecule has 7 nitrogen and oxygen atoms in total. The lowest BCUT2D eigenvalue weighted by molar-refractivity contribution is 0.0901. The molecule has 1 aromatic heterocycles. The van der Waals surface area contributed by atoms with Crippen LogP contribution in [0, 0.1) is 13.8 Å². The van der Waals surface area contributed by atoms with E-state index in [0.717, 1.165) is 17.0 Å². The highest BCUT2D eigenvalue weighted by atomic mass is 35.5. The predicted molar refractivity (Wildman–Crippen MR) is 122 cm³/mol. The number of benzene rings is 1. The quantitative estimate of drug-likeness (QED) is 0.582. The van der Waals surface area contributed by atoms with E-state index in [4.69, 9.17) is 16.3 Å². The fourth-order valence-electron chi connectivity index (χ4n) is 4.26. The molecule has 0 saturated carbocycles. The molecule has 31 heavy (non-hydrogen) atoms. The smallest absolute Gasteiger partial charge is 0.246 e. The number of nitrogens with zero attached hydrogens (tertiary/aromatic N) is 3. The second-order valence-electron chi connectivity index (χ2n) is 8.15. The number of ether oxygens (including phenoxy) is 1. The maximum absolute atomic E-state index is 13.1. The summed E-state index contributed by atoms with van der Waals surface area (Å²) in [4.78, 5) is 15.0. The number of aryl methyl sites for hydroxylation is 1. The van der Waals surface area contributed by atoms with Gasteiger partial charge in [0.1, 0.15) is 10.6 Å². The Morgan fingerprint density at radius 2 is 1.77 bits per heavy atom. The SMILES string of the molecule is COc1ccc(Cl)cc1S(=O)(=O)N1CCN(CC(=O)c2cc(C)n(C(C)C)c2C)CC1. The molecule has 9 heteroatoms. The van der Waals surface area contributed by atoms with Crippen molar-refractivity contribution in [2.45, 2.75) is 38.6 Å². The topological polar surface area (TPSA) is 71.9 Å². The molecule has 0 aliphatic carbocycles. The van der Waals surface area contributed by atoms with E-state index in [-0.39, 0.29) is 23.0 Å². The van der Waals surface area contributed by atoms with Gasteiger partial charge in [-0.1, -0.05) is 11.6 Å². The summed E-state index contributed by atoms with van der Waals surface area (Å²) in [5.41, 5.74) is 2.79. The van der Waals surface area contributed by atoms with E-state index in [1.165, 1.54) is 17.5 Å². The van der Waals surface area contributed by atoms with Crippen LogP contribution in [-0.4, -0.2) is 67.8 Å². The van der Waals surface area contributed by atoms with Crippen LogP contribution < -0.4 is 4.74 Å². The summed E-state index contributed by atoms with van der Waals surface area (Å²) in [6, 6.07) is 6.80. The number of sulfonamides is 1. The minimum absolute atomic E-state index is 0.0628. The average Bonchev–Trinajstić information content (AvgIpc) is 3.02. The van der Waals surface area contributed by atoms with E-state index < -0.39 is 10.0 Å². The third-order valence-electron chi connectivity index (χ3n) is 5.74. The lowest BCUT2D eigenvalue weighted by Crippen LogP contribution is -2.49. The van der Waals surface area contributed by atoms with Crippen molar-refractivity contribution in [2.24, 2.45) is 0 Å². The standard InChI is InChI=1S/C22H30ClN3O4S/c1-15(2)26-16(3)12-19(17(26)4)20(27)14-24-8-10-25(11-9-24)31(28,29)22-13-18(23)6-7-21(22)30-5/h6-7,12-13,15H,8-11,14H2,1-5H3. The molecule has 0 radical (unpaired) electrons. The van der Waals surface area contributed by atoms with Crippen molar-refractivity contribution in [1.29, 1.82) is 0 Å². The van der Waals surface area contributed by atoms with Gasteiger partial charge < -0.3 is 9.30 Å². The fourth-order valence-corrected chi connectivity index (χ4v) is 6.10. The van der Waals surface area contributed by atoms with Crippen molar-refractivity contribution in [1.82, 2.24) is 13.8 Å². The Morgan fingerprint density at radius 1 is 1.13 bits per heavy atom. The van der Waals surface area contributed by atoms with Crippen molar-refractivity contribution >= 4 is 27.4 Å². The Hall–Kier alpha value is -1.87. The molecular formula is C22H30ClN3O4S. The molecule has 0 atom stereocenters. The number of piperazine rings is 1. The van der Waals surface area contributed by atoms with E-state index in [0.29, 0.717) is 37.2 Å². The van der Waals surface area contributed by atoms with E-state index in [1.54, 1.807) is 12.1 Å². The molecule has 0 N–H and O–H groups in total. The van der Waals surface area contributed by atoms with Gasteiger partial charge in [0.2, 0.25) is 10.0 Å². The molecule has 0 unspecified atom stereocenters. The highest BCUT2D eigenvalue weighted by molar-refractivity contribution is 7.89. The first-order chi connectivity index (χ1) is 14.6. The van der Waals surface area contributed by atoms with Crippen molar-refractivity contribution in [3.05, 3.63) is 46.2 Å². The van der Waals surface area contributed by atoms with Gasteiger partial charge in [-0.2, -0.15) is 4.31 Å². The fraction of sp³-hybridized carbons (Fsp3) is 0.500. The van der Waals surface area contributed by atoms with Crippen LogP contribution in [0.3, 0.4) is 0 Å². The third-order valence-corrected chi connectivity index (χ3v) is 7.90. The Kier molecular flexibility index (Phi) is 7.15. The number of Topliss-reactive ketones (excluding diaryl/α,β-unsaturated/α-hetero) is 1. The van der Waals surface area contributed by atoms with Gasteiger partial charge in [-0.25, -0.2) is 8.42 Å². The normalized spacial score (nSPS) is 16.1. The maximum Gasteiger partial charge on any atom is 0.246 e. The number of hydrogen-bond donors (Lipinski definition) is 0. The molecule has 2 aromatic rings. The van der Waals surface area contributed by atoms with Gasteiger partial charge in [-0.3, -0.25) is 9.69 Å². The number of carbonyl (C=O) groups is 1. The maximum atomic E-state index is 13.1. The molecule has 2 heterocycles. The van der Waals surface area contributed by atoms with Gasteiger partial charge in [-0.15, -0.1) is 0 Å². The van der Waals surface area contributed by atoms with Crippen molar-refractivity contribution in [3.8, 4) is 5.75 Å². The number of halogens is 1. The summed E-state index contributed by atoms with van der Waals surface area (Å²) in [6.07, 6.45) is 0. The van der Waals surface area contributed by atoms with E-state index in [9.17, 15) is 13.2 Å². The Labute approximate surface area is 189 Å². The summed E-state index contributed by atoms with van der Waals surface area (Å²) >= 11 is 6.02. The molecular weight excluding hydrogens is 438 g/mol. The Morgan fingerprint density at radius 3 is 2.32 bits per heavy atom. The molecule has 0 amide bonds. The van der Waals surface area contributed by atoms with Gasteiger partial charge in [0.15, 0.2) is 5.78 Å². The number of aromatic nitrogens is 1. The first-order valence-corrected chi connectivity index (χ1v) is 12.2. The summed E-state index contributed by atoms with van der Waals surface area (Å²) in [7, 11) is -2.31. The van der Waals surface area contributed by atoms with Gasteiger partial charge in [-0.05, 0) is 52.0 Å². The summed E-state index contributed by atoms with van der Waals surface area (Å²) < 4.78 is 35.0. The molecule has 1 saturated heterocycles. The summed E-state index contributed by atoms with van der Waals surface area (Å²) in [6.45, 7) is 10.0. The molecule has 0 spiro atoms. The second-order valence-corrected chi connectivity index (χ2v) is 10.5. The zero-order valence-corrected chi connectivity index (χ0v) is 20.3.